The van der Waals surface area contributed by atoms with E-state index in [-0.39, 0.29) is 22.2 Å². The number of anilines is 1. The lowest BCUT2D eigenvalue weighted by Gasteiger charge is -2.23. The van der Waals surface area contributed by atoms with E-state index in [9.17, 15) is 14.9 Å². The summed E-state index contributed by atoms with van der Waals surface area (Å²) in [7, 11) is 0. The van der Waals surface area contributed by atoms with Crippen LogP contribution < -0.4 is 4.90 Å². The van der Waals surface area contributed by atoms with E-state index >= 15 is 0 Å². The van der Waals surface area contributed by atoms with Crippen LogP contribution in [0.3, 0.4) is 0 Å². The molecule has 0 fully saturated rings. The van der Waals surface area contributed by atoms with Crippen molar-refractivity contribution in [2.75, 3.05) is 11.4 Å². The third-order valence-electron chi connectivity index (χ3n) is 3.88. The molecular weight excluding hydrogens is 348 g/mol. The van der Waals surface area contributed by atoms with Gasteiger partial charge in [0.15, 0.2) is 0 Å². The molecule has 24 heavy (non-hydrogen) atoms. The first-order chi connectivity index (χ1) is 11.5. The molecule has 3 rings (SSSR count). The summed E-state index contributed by atoms with van der Waals surface area (Å²) >= 11 is 7.87. The van der Waals surface area contributed by atoms with Gasteiger partial charge in [-0.25, -0.2) is 0 Å². The number of benzene rings is 2. The molecule has 0 spiro atoms. The van der Waals surface area contributed by atoms with Gasteiger partial charge in [0.05, 0.1) is 21.2 Å². The first-order valence-electron chi connectivity index (χ1n) is 7.49. The molecule has 0 unspecified atom stereocenters. The van der Waals surface area contributed by atoms with Gasteiger partial charge in [0.1, 0.15) is 0 Å². The third-order valence-corrected chi connectivity index (χ3v) is 5.43. The minimum absolute atomic E-state index is 0.0941. The van der Waals surface area contributed by atoms with E-state index in [1.165, 1.54) is 18.2 Å². The van der Waals surface area contributed by atoms with E-state index in [1.807, 2.05) is 24.3 Å². The van der Waals surface area contributed by atoms with Crippen LogP contribution in [-0.2, 0) is 0 Å². The Morgan fingerprint density at radius 2 is 2.08 bits per heavy atom. The summed E-state index contributed by atoms with van der Waals surface area (Å²) in [4.78, 5) is 26.0. The molecule has 5 nitrogen and oxygen atoms in total. The van der Waals surface area contributed by atoms with Gasteiger partial charge < -0.3 is 4.90 Å². The second-order valence-electron chi connectivity index (χ2n) is 5.56. The van der Waals surface area contributed by atoms with E-state index in [2.05, 4.69) is 6.92 Å². The smallest absolute Gasteiger partial charge is 0.270 e. The summed E-state index contributed by atoms with van der Waals surface area (Å²) < 4.78 is 0. The van der Waals surface area contributed by atoms with Crippen molar-refractivity contribution in [1.29, 1.82) is 0 Å². The Bertz CT molecular complexity index is 812. The number of hydrogen-bond donors (Lipinski definition) is 0. The van der Waals surface area contributed by atoms with Crippen molar-refractivity contribution in [3.05, 3.63) is 63.2 Å². The SMILES string of the molecule is C[C@@H]1CCN(C(=O)c2ccc([N+](=O)[O-])cc2Cl)c2ccccc2S1. The summed E-state index contributed by atoms with van der Waals surface area (Å²) in [6.45, 7) is 2.71. The van der Waals surface area contributed by atoms with E-state index in [0.29, 0.717) is 11.8 Å². The van der Waals surface area contributed by atoms with E-state index in [4.69, 9.17) is 11.6 Å². The predicted octanol–water partition coefficient (Wildman–Crippen LogP) is 4.78. The van der Waals surface area contributed by atoms with Crippen molar-refractivity contribution in [3.63, 3.8) is 0 Å². The van der Waals surface area contributed by atoms with Crippen LogP contribution >= 0.6 is 23.4 Å². The van der Waals surface area contributed by atoms with Crippen LogP contribution in [0.2, 0.25) is 5.02 Å². The number of thioether (sulfide) groups is 1. The molecule has 0 N–H and O–H groups in total. The maximum atomic E-state index is 13.0. The number of non-ortho nitro benzene ring substituents is 1. The number of amides is 1. The summed E-state index contributed by atoms with van der Waals surface area (Å²) in [5.74, 6) is -0.239. The van der Waals surface area contributed by atoms with Gasteiger partial charge in [-0.2, -0.15) is 0 Å². The highest BCUT2D eigenvalue weighted by molar-refractivity contribution is 8.00. The van der Waals surface area contributed by atoms with E-state index in [1.54, 1.807) is 16.7 Å². The fourth-order valence-electron chi connectivity index (χ4n) is 2.63. The molecule has 2 aromatic rings. The maximum absolute atomic E-state index is 13.0. The Balaban J connectivity index is 1.99. The lowest BCUT2D eigenvalue weighted by Crippen LogP contribution is -2.32. The van der Waals surface area contributed by atoms with Crippen LogP contribution in [0.1, 0.15) is 23.7 Å². The number of nitro benzene ring substituents is 1. The quantitative estimate of drug-likeness (QED) is 0.569. The Hall–Kier alpha value is -2.05. The van der Waals surface area contributed by atoms with Gasteiger partial charge in [-0.1, -0.05) is 30.7 Å². The lowest BCUT2D eigenvalue weighted by molar-refractivity contribution is -0.384. The fraction of sp³-hybridized carbons (Fsp3) is 0.235. The van der Waals surface area contributed by atoms with Crippen molar-refractivity contribution in [2.45, 2.75) is 23.5 Å². The molecule has 0 saturated carbocycles. The topological polar surface area (TPSA) is 63.5 Å². The molecule has 1 aliphatic heterocycles. The molecule has 0 bridgehead atoms. The number of hydrogen-bond acceptors (Lipinski definition) is 4. The Labute approximate surface area is 148 Å². The number of fused-ring (bicyclic) bond motifs is 1. The molecule has 1 aliphatic rings. The zero-order valence-electron chi connectivity index (χ0n) is 12.9. The van der Waals surface area contributed by atoms with Crippen LogP contribution in [0.4, 0.5) is 11.4 Å². The maximum Gasteiger partial charge on any atom is 0.270 e. The van der Waals surface area contributed by atoms with Gasteiger partial charge in [0, 0.05) is 28.8 Å². The molecule has 2 aromatic carbocycles. The normalized spacial score (nSPS) is 17.1. The molecule has 1 heterocycles. The Kier molecular flexibility index (Phi) is 4.78. The van der Waals surface area contributed by atoms with Crippen molar-refractivity contribution in [1.82, 2.24) is 0 Å². The minimum atomic E-state index is -0.528. The highest BCUT2D eigenvalue weighted by Crippen LogP contribution is 2.38. The largest absolute Gasteiger partial charge is 0.307 e. The van der Waals surface area contributed by atoms with Crippen LogP contribution in [0.15, 0.2) is 47.4 Å². The van der Waals surface area contributed by atoms with Crippen LogP contribution in [0, 0.1) is 10.1 Å². The summed E-state index contributed by atoms with van der Waals surface area (Å²) in [6.07, 6.45) is 0.857. The van der Waals surface area contributed by atoms with E-state index in [0.717, 1.165) is 17.0 Å². The standard InChI is InChI=1S/C17H15ClN2O3S/c1-11-8-9-19(15-4-2-3-5-16(15)24-11)17(21)13-7-6-12(20(22)23)10-14(13)18/h2-7,10-11H,8-9H2,1H3/t11-/m1/s1. The lowest BCUT2D eigenvalue weighted by atomic mass is 10.1. The second-order valence-corrected chi connectivity index (χ2v) is 7.45. The van der Waals surface area contributed by atoms with Crippen LogP contribution in [0.5, 0.6) is 0 Å². The zero-order chi connectivity index (χ0) is 17.3. The minimum Gasteiger partial charge on any atom is -0.307 e. The molecule has 1 amide bonds. The molecule has 0 saturated heterocycles. The third kappa shape index (κ3) is 3.25. The average Bonchev–Trinajstić information content (AvgIpc) is 2.72. The molecular formula is C17H15ClN2O3S. The average molecular weight is 363 g/mol. The molecule has 124 valence electrons. The fourth-order valence-corrected chi connectivity index (χ4v) is 4.00. The molecule has 0 aromatic heterocycles. The highest BCUT2D eigenvalue weighted by atomic mass is 35.5. The number of halogens is 1. The summed E-state index contributed by atoms with van der Waals surface area (Å²) in [5, 5.41) is 11.3. The van der Waals surface area contributed by atoms with Gasteiger partial charge in [-0.15, -0.1) is 11.8 Å². The monoisotopic (exact) mass is 362 g/mol. The number of nitrogens with zero attached hydrogens (tertiary/aromatic N) is 2. The Morgan fingerprint density at radius 1 is 1.33 bits per heavy atom. The van der Waals surface area contributed by atoms with Gasteiger partial charge in [-0.3, -0.25) is 14.9 Å². The second kappa shape index (κ2) is 6.83. The number of para-hydroxylation sites is 1. The summed E-state index contributed by atoms with van der Waals surface area (Å²) in [5.41, 5.74) is 1.000. The van der Waals surface area contributed by atoms with Crippen molar-refractivity contribution in [2.24, 2.45) is 0 Å². The van der Waals surface area contributed by atoms with Gasteiger partial charge in [0.2, 0.25) is 0 Å². The van der Waals surface area contributed by atoms with Crippen LogP contribution in [0.25, 0.3) is 0 Å². The number of carbonyl (C=O) groups excluding carboxylic acids is 1. The van der Waals surface area contributed by atoms with Crippen molar-refractivity contribution < 1.29 is 9.72 Å². The van der Waals surface area contributed by atoms with E-state index < -0.39 is 4.92 Å². The van der Waals surface area contributed by atoms with Crippen molar-refractivity contribution in [3.8, 4) is 0 Å². The van der Waals surface area contributed by atoms with Crippen LogP contribution in [-0.4, -0.2) is 22.6 Å². The van der Waals surface area contributed by atoms with Gasteiger partial charge in [0.25, 0.3) is 11.6 Å². The first kappa shape index (κ1) is 16.8. The first-order valence-corrected chi connectivity index (χ1v) is 8.74. The number of carbonyl (C=O) groups is 1. The molecule has 7 heteroatoms. The number of rotatable bonds is 2. The molecule has 0 radical (unpaired) electrons. The van der Waals surface area contributed by atoms with Crippen molar-refractivity contribution >= 4 is 40.6 Å². The molecule has 0 aliphatic carbocycles. The zero-order valence-corrected chi connectivity index (χ0v) is 14.5. The highest BCUT2D eigenvalue weighted by Gasteiger charge is 2.26. The van der Waals surface area contributed by atoms with Gasteiger partial charge >= 0.3 is 0 Å². The Morgan fingerprint density at radius 3 is 2.79 bits per heavy atom. The number of nitro groups is 1. The molecule has 1 atom stereocenters. The predicted molar refractivity (Wildman–Crippen MR) is 96.2 cm³/mol. The summed E-state index contributed by atoms with van der Waals surface area (Å²) in [6, 6.07) is 11.7. The van der Waals surface area contributed by atoms with Gasteiger partial charge in [-0.05, 0) is 24.6 Å².